The predicted molar refractivity (Wildman–Crippen MR) is 97.0 cm³/mol. The number of anilines is 3. The van der Waals surface area contributed by atoms with E-state index < -0.39 is 0 Å². The fraction of sp³-hybridized carbons (Fsp3) is 0.263. The number of benzene rings is 2. The zero-order chi connectivity index (χ0) is 16.4. The van der Waals surface area contributed by atoms with Crippen molar-refractivity contribution in [3.05, 3.63) is 54.4 Å². The van der Waals surface area contributed by atoms with Gasteiger partial charge in [-0.25, -0.2) is 9.97 Å². The van der Waals surface area contributed by atoms with E-state index in [4.69, 9.17) is 4.74 Å². The third-order valence-corrected chi connectivity index (χ3v) is 4.30. The fourth-order valence-corrected chi connectivity index (χ4v) is 2.98. The van der Waals surface area contributed by atoms with E-state index in [9.17, 15) is 0 Å². The molecule has 0 atom stereocenters. The number of fused-ring (bicyclic) bond motifs is 1. The molecule has 4 rings (SSSR count). The fourth-order valence-electron chi connectivity index (χ4n) is 2.98. The maximum atomic E-state index is 5.41. The normalized spacial score (nSPS) is 14.8. The van der Waals surface area contributed by atoms with E-state index in [0.717, 1.165) is 48.7 Å². The zero-order valence-electron chi connectivity index (χ0n) is 13.7. The van der Waals surface area contributed by atoms with Gasteiger partial charge >= 0.3 is 0 Å². The Hall–Kier alpha value is -2.66. The minimum absolute atomic E-state index is 0.798. The highest BCUT2D eigenvalue weighted by molar-refractivity contribution is 5.91. The van der Waals surface area contributed by atoms with Crippen LogP contribution in [0.3, 0.4) is 0 Å². The first-order valence-electron chi connectivity index (χ1n) is 8.21. The van der Waals surface area contributed by atoms with Crippen molar-refractivity contribution in [2.75, 3.05) is 36.5 Å². The minimum Gasteiger partial charge on any atom is -0.378 e. The highest BCUT2D eigenvalue weighted by atomic mass is 16.5. The standard InChI is InChI=1S/C19H20N4O/c1-14-2-7-18-17(12-14)19(21-13-20-18)22-15-3-5-16(6-4-15)23-8-10-24-11-9-23/h2-7,12-13H,8-11H2,1H3,(H,20,21,22). The first kappa shape index (κ1) is 14.9. The third kappa shape index (κ3) is 3.03. The molecule has 0 spiro atoms. The van der Waals surface area contributed by atoms with Crippen LogP contribution in [0, 0.1) is 6.92 Å². The molecule has 0 bridgehead atoms. The van der Waals surface area contributed by atoms with Crippen LogP contribution in [-0.4, -0.2) is 36.3 Å². The Balaban J connectivity index is 1.58. The van der Waals surface area contributed by atoms with Gasteiger partial charge in [-0.3, -0.25) is 0 Å². The summed E-state index contributed by atoms with van der Waals surface area (Å²) >= 11 is 0. The Bertz CT molecular complexity index is 842. The summed E-state index contributed by atoms with van der Waals surface area (Å²) in [7, 11) is 0. The number of aryl methyl sites for hydroxylation is 1. The van der Waals surface area contributed by atoms with Crippen molar-refractivity contribution in [3.63, 3.8) is 0 Å². The molecule has 1 aliphatic heterocycles. The second-order valence-electron chi connectivity index (χ2n) is 6.01. The topological polar surface area (TPSA) is 50.3 Å². The summed E-state index contributed by atoms with van der Waals surface area (Å²) in [5, 5.41) is 4.45. The average Bonchev–Trinajstić information content (AvgIpc) is 2.64. The SMILES string of the molecule is Cc1ccc2ncnc(Nc3ccc(N4CCOCC4)cc3)c2c1. The molecule has 1 saturated heterocycles. The smallest absolute Gasteiger partial charge is 0.141 e. The van der Waals surface area contributed by atoms with Gasteiger partial charge in [-0.2, -0.15) is 0 Å². The Kier molecular flexibility index (Phi) is 4.01. The molecule has 1 N–H and O–H groups in total. The van der Waals surface area contributed by atoms with Gasteiger partial charge in [0.1, 0.15) is 12.1 Å². The highest BCUT2D eigenvalue weighted by Crippen LogP contribution is 2.25. The lowest BCUT2D eigenvalue weighted by atomic mass is 10.1. The number of morpholine rings is 1. The van der Waals surface area contributed by atoms with Crippen molar-refractivity contribution < 1.29 is 4.74 Å². The maximum absolute atomic E-state index is 5.41. The van der Waals surface area contributed by atoms with Gasteiger partial charge in [-0.05, 0) is 43.3 Å². The van der Waals surface area contributed by atoms with Gasteiger partial charge < -0.3 is 15.0 Å². The van der Waals surface area contributed by atoms with Crippen molar-refractivity contribution in [2.45, 2.75) is 6.92 Å². The molecule has 0 aliphatic carbocycles. The van der Waals surface area contributed by atoms with Crippen molar-refractivity contribution in [1.29, 1.82) is 0 Å². The molecular formula is C19H20N4O. The summed E-state index contributed by atoms with van der Waals surface area (Å²) < 4.78 is 5.41. The van der Waals surface area contributed by atoms with Gasteiger partial charge in [-0.15, -0.1) is 0 Å². The number of hydrogen-bond donors (Lipinski definition) is 1. The molecule has 2 aromatic carbocycles. The molecule has 1 aliphatic rings. The van der Waals surface area contributed by atoms with Crippen LogP contribution in [0.2, 0.25) is 0 Å². The quantitative estimate of drug-likeness (QED) is 0.800. The van der Waals surface area contributed by atoms with Crippen LogP contribution < -0.4 is 10.2 Å². The van der Waals surface area contributed by atoms with Crippen LogP contribution in [0.5, 0.6) is 0 Å². The molecule has 3 aromatic rings. The number of rotatable bonds is 3. The maximum Gasteiger partial charge on any atom is 0.141 e. The van der Waals surface area contributed by atoms with Gasteiger partial charge in [0.05, 0.1) is 18.7 Å². The molecule has 122 valence electrons. The molecule has 2 heterocycles. The summed E-state index contributed by atoms with van der Waals surface area (Å²) in [5.41, 5.74) is 4.40. The van der Waals surface area contributed by atoms with E-state index in [0.29, 0.717) is 0 Å². The summed E-state index contributed by atoms with van der Waals surface area (Å²) in [6.07, 6.45) is 1.60. The first-order valence-corrected chi connectivity index (χ1v) is 8.21. The lowest BCUT2D eigenvalue weighted by molar-refractivity contribution is 0.122. The molecule has 0 amide bonds. The van der Waals surface area contributed by atoms with E-state index >= 15 is 0 Å². The molecule has 5 heteroatoms. The van der Waals surface area contributed by atoms with Crippen molar-refractivity contribution in [2.24, 2.45) is 0 Å². The van der Waals surface area contributed by atoms with E-state index in [1.54, 1.807) is 6.33 Å². The molecule has 0 unspecified atom stereocenters. The second kappa shape index (κ2) is 6.45. The van der Waals surface area contributed by atoms with Crippen molar-refractivity contribution in [1.82, 2.24) is 9.97 Å². The molecule has 0 saturated carbocycles. The van der Waals surface area contributed by atoms with Gasteiger partial charge in [0.2, 0.25) is 0 Å². The number of nitrogens with one attached hydrogen (secondary N) is 1. The van der Waals surface area contributed by atoms with Gasteiger partial charge in [0.25, 0.3) is 0 Å². The van der Waals surface area contributed by atoms with Crippen LogP contribution in [0.25, 0.3) is 10.9 Å². The van der Waals surface area contributed by atoms with Gasteiger partial charge in [-0.1, -0.05) is 11.6 Å². The molecule has 24 heavy (non-hydrogen) atoms. The summed E-state index contributed by atoms with van der Waals surface area (Å²) in [4.78, 5) is 11.1. The summed E-state index contributed by atoms with van der Waals surface area (Å²) in [5.74, 6) is 0.836. The van der Waals surface area contributed by atoms with E-state index in [-0.39, 0.29) is 0 Å². The summed E-state index contributed by atoms with van der Waals surface area (Å²) in [6, 6.07) is 14.7. The Labute approximate surface area is 141 Å². The molecule has 1 aromatic heterocycles. The second-order valence-corrected chi connectivity index (χ2v) is 6.01. The molecular weight excluding hydrogens is 300 g/mol. The van der Waals surface area contributed by atoms with Crippen molar-refractivity contribution in [3.8, 4) is 0 Å². The Morgan fingerprint density at radius 2 is 1.79 bits per heavy atom. The number of aromatic nitrogens is 2. The van der Waals surface area contributed by atoms with E-state index in [1.807, 2.05) is 6.07 Å². The van der Waals surface area contributed by atoms with Crippen LogP contribution in [0.4, 0.5) is 17.2 Å². The third-order valence-electron chi connectivity index (χ3n) is 4.30. The van der Waals surface area contributed by atoms with Crippen LogP contribution in [0.15, 0.2) is 48.8 Å². The molecule has 1 fully saturated rings. The Morgan fingerprint density at radius 1 is 1.00 bits per heavy atom. The summed E-state index contributed by atoms with van der Waals surface area (Å²) in [6.45, 7) is 5.57. The largest absolute Gasteiger partial charge is 0.378 e. The van der Waals surface area contributed by atoms with Crippen LogP contribution in [0.1, 0.15) is 5.56 Å². The average molecular weight is 320 g/mol. The minimum atomic E-state index is 0.798. The van der Waals surface area contributed by atoms with Crippen LogP contribution in [-0.2, 0) is 4.74 Å². The monoisotopic (exact) mass is 320 g/mol. The van der Waals surface area contributed by atoms with Crippen molar-refractivity contribution >= 4 is 28.1 Å². The molecule has 0 radical (unpaired) electrons. The molecule has 5 nitrogen and oxygen atoms in total. The number of hydrogen-bond acceptors (Lipinski definition) is 5. The lowest BCUT2D eigenvalue weighted by Gasteiger charge is -2.28. The van der Waals surface area contributed by atoms with Crippen LogP contribution >= 0.6 is 0 Å². The van der Waals surface area contributed by atoms with E-state index in [2.05, 4.69) is 63.5 Å². The van der Waals surface area contributed by atoms with Gasteiger partial charge in [0.15, 0.2) is 0 Å². The Morgan fingerprint density at radius 3 is 2.58 bits per heavy atom. The lowest BCUT2D eigenvalue weighted by Crippen LogP contribution is -2.36. The van der Waals surface area contributed by atoms with Gasteiger partial charge in [0, 0.05) is 29.9 Å². The van der Waals surface area contributed by atoms with E-state index in [1.165, 1.54) is 11.3 Å². The first-order chi connectivity index (χ1) is 11.8. The predicted octanol–water partition coefficient (Wildman–Crippen LogP) is 3.52. The zero-order valence-corrected chi connectivity index (χ0v) is 13.7. The highest BCUT2D eigenvalue weighted by Gasteiger charge is 2.11. The number of ether oxygens (including phenoxy) is 1. The number of nitrogens with zero attached hydrogens (tertiary/aromatic N) is 3.